The zero-order valence-electron chi connectivity index (χ0n) is 11.0. The smallest absolute Gasteiger partial charge is 0.229 e. The molecule has 0 aliphatic carbocycles. The lowest BCUT2D eigenvalue weighted by atomic mass is 9.97. The third-order valence-electron chi connectivity index (χ3n) is 3.57. The van der Waals surface area contributed by atoms with Crippen molar-refractivity contribution in [2.24, 2.45) is 5.73 Å². The van der Waals surface area contributed by atoms with E-state index in [-0.39, 0.29) is 36.1 Å². The summed E-state index contributed by atoms with van der Waals surface area (Å²) >= 11 is 0. The van der Waals surface area contributed by atoms with Crippen molar-refractivity contribution in [3.05, 3.63) is 35.6 Å². The summed E-state index contributed by atoms with van der Waals surface area (Å²) in [6.07, 6.45) is 1.70. The van der Waals surface area contributed by atoms with Gasteiger partial charge in [-0.3, -0.25) is 4.79 Å². The maximum absolute atomic E-state index is 13.1. The maximum atomic E-state index is 13.1. The van der Waals surface area contributed by atoms with Gasteiger partial charge in [-0.25, -0.2) is 4.39 Å². The summed E-state index contributed by atoms with van der Waals surface area (Å²) in [4.78, 5) is 14.1. The van der Waals surface area contributed by atoms with Crippen LogP contribution in [0.3, 0.4) is 0 Å². The lowest BCUT2D eigenvalue weighted by Crippen LogP contribution is -2.44. The Morgan fingerprint density at radius 1 is 1.42 bits per heavy atom. The molecule has 0 bridgehead atoms. The van der Waals surface area contributed by atoms with E-state index in [4.69, 9.17) is 5.73 Å². The number of nitrogens with zero attached hydrogens (tertiary/aromatic N) is 1. The van der Waals surface area contributed by atoms with Gasteiger partial charge in [0.05, 0.1) is 5.92 Å². The number of carbonyl (C=O) groups is 1. The number of halogens is 2. The topological polar surface area (TPSA) is 46.3 Å². The molecule has 1 saturated heterocycles. The first-order chi connectivity index (χ1) is 8.58. The van der Waals surface area contributed by atoms with Gasteiger partial charge < -0.3 is 10.6 Å². The van der Waals surface area contributed by atoms with Gasteiger partial charge in [-0.1, -0.05) is 12.1 Å². The number of carbonyl (C=O) groups excluding carboxylic acids is 1. The standard InChI is InChI=1S/C14H19FN2O.ClH/c1-10(11-3-2-4-12(15)9-11)14(18)17-7-5-13(16)6-8-17;/h2-4,9-10,13H,5-8,16H2,1H3;1H. The molecule has 1 aliphatic rings. The Hall–Kier alpha value is -1.13. The monoisotopic (exact) mass is 286 g/mol. The van der Waals surface area contributed by atoms with Crippen molar-refractivity contribution >= 4 is 18.3 Å². The Balaban J connectivity index is 0.00000180. The fourth-order valence-corrected chi connectivity index (χ4v) is 2.31. The van der Waals surface area contributed by atoms with Crippen molar-refractivity contribution in [2.75, 3.05) is 13.1 Å². The SMILES string of the molecule is CC(C(=O)N1CCC(N)CC1)c1cccc(F)c1.Cl. The minimum absolute atomic E-state index is 0. The molecule has 2 rings (SSSR count). The van der Waals surface area contributed by atoms with Crippen molar-refractivity contribution in [2.45, 2.75) is 31.7 Å². The Bertz CT molecular complexity index is 433. The molecule has 0 saturated carbocycles. The molecular formula is C14H20ClFN2O. The second-order valence-corrected chi connectivity index (χ2v) is 4.94. The van der Waals surface area contributed by atoms with Gasteiger partial charge in [-0.15, -0.1) is 12.4 Å². The molecule has 5 heteroatoms. The van der Waals surface area contributed by atoms with E-state index in [1.165, 1.54) is 12.1 Å². The molecule has 0 aromatic heterocycles. The van der Waals surface area contributed by atoms with Gasteiger partial charge in [0.15, 0.2) is 0 Å². The zero-order valence-corrected chi connectivity index (χ0v) is 11.8. The first kappa shape index (κ1) is 15.9. The summed E-state index contributed by atoms with van der Waals surface area (Å²) in [5.41, 5.74) is 6.55. The van der Waals surface area contributed by atoms with Crippen LogP contribution in [0.15, 0.2) is 24.3 Å². The minimum atomic E-state index is -0.298. The molecule has 1 heterocycles. The molecule has 0 spiro atoms. The highest BCUT2D eigenvalue weighted by atomic mass is 35.5. The maximum Gasteiger partial charge on any atom is 0.229 e. The number of amides is 1. The van der Waals surface area contributed by atoms with Gasteiger partial charge in [0.25, 0.3) is 0 Å². The second-order valence-electron chi connectivity index (χ2n) is 4.94. The van der Waals surface area contributed by atoms with Crippen LogP contribution in [-0.4, -0.2) is 29.9 Å². The molecule has 1 aromatic rings. The van der Waals surface area contributed by atoms with Gasteiger partial charge in [-0.05, 0) is 37.5 Å². The molecule has 0 radical (unpaired) electrons. The van der Waals surface area contributed by atoms with Gasteiger partial charge in [0.2, 0.25) is 5.91 Å². The summed E-state index contributed by atoms with van der Waals surface area (Å²) in [5, 5.41) is 0. The van der Waals surface area contributed by atoms with E-state index in [0.717, 1.165) is 18.4 Å². The van der Waals surface area contributed by atoms with E-state index in [9.17, 15) is 9.18 Å². The van der Waals surface area contributed by atoms with Gasteiger partial charge >= 0.3 is 0 Å². The van der Waals surface area contributed by atoms with E-state index in [1.54, 1.807) is 12.1 Å². The fraction of sp³-hybridized carbons (Fsp3) is 0.500. The number of nitrogens with two attached hydrogens (primary N) is 1. The Kier molecular flexibility index (Phi) is 5.76. The van der Waals surface area contributed by atoms with Crippen molar-refractivity contribution in [3.63, 3.8) is 0 Å². The molecule has 19 heavy (non-hydrogen) atoms. The summed E-state index contributed by atoms with van der Waals surface area (Å²) < 4.78 is 13.1. The minimum Gasteiger partial charge on any atom is -0.342 e. The highest BCUT2D eigenvalue weighted by Crippen LogP contribution is 2.21. The quantitative estimate of drug-likeness (QED) is 0.907. The van der Waals surface area contributed by atoms with Crippen LogP contribution in [0.1, 0.15) is 31.2 Å². The molecule has 1 fully saturated rings. The third-order valence-corrected chi connectivity index (χ3v) is 3.57. The number of benzene rings is 1. The summed E-state index contributed by atoms with van der Waals surface area (Å²) in [5.74, 6) is -0.532. The number of hydrogen-bond donors (Lipinski definition) is 1. The Morgan fingerprint density at radius 3 is 2.63 bits per heavy atom. The van der Waals surface area contributed by atoms with Crippen LogP contribution in [0.2, 0.25) is 0 Å². The first-order valence-electron chi connectivity index (χ1n) is 6.38. The molecule has 1 aliphatic heterocycles. The van der Waals surface area contributed by atoms with E-state index in [0.29, 0.717) is 13.1 Å². The van der Waals surface area contributed by atoms with Crippen LogP contribution in [0.25, 0.3) is 0 Å². The van der Waals surface area contributed by atoms with Crippen LogP contribution in [0, 0.1) is 5.82 Å². The van der Waals surface area contributed by atoms with Crippen LogP contribution < -0.4 is 5.73 Å². The summed E-state index contributed by atoms with van der Waals surface area (Å²) in [6.45, 7) is 3.24. The van der Waals surface area contributed by atoms with Crippen molar-refractivity contribution in [3.8, 4) is 0 Å². The van der Waals surface area contributed by atoms with E-state index < -0.39 is 0 Å². The summed E-state index contributed by atoms with van der Waals surface area (Å²) in [6, 6.07) is 6.46. The predicted molar refractivity (Wildman–Crippen MR) is 75.9 cm³/mol. The number of hydrogen-bond acceptors (Lipinski definition) is 2. The molecular weight excluding hydrogens is 267 g/mol. The predicted octanol–water partition coefficient (Wildman–Crippen LogP) is 2.30. The van der Waals surface area contributed by atoms with Crippen molar-refractivity contribution in [1.29, 1.82) is 0 Å². The Labute approximate surface area is 119 Å². The van der Waals surface area contributed by atoms with Crippen molar-refractivity contribution < 1.29 is 9.18 Å². The lowest BCUT2D eigenvalue weighted by molar-refractivity contribution is -0.133. The average molecular weight is 287 g/mol. The fourth-order valence-electron chi connectivity index (χ4n) is 2.31. The van der Waals surface area contributed by atoms with Crippen molar-refractivity contribution in [1.82, 2.24) is 4.90 Å². The van der Waals surface area contributed by atoms with E-state index in [2.05, 4.69) is 0 Å². The van der Waals surface area contributed by atoms with Crippen LogP contribution >= 0.6 is 12.4 Å². The van der Waals surface area contributed by atoms with Gasteiger partial charge in [0.1, 0.15) is 5.82 Å². The average Bonchev–Trinajstić information content (AvgIpc) is 2.38. The molecule has 3 nitrogen and oxygen atoms in total. The highest BCUT2D eigenvalue weighted by Gasteiger charge is 2.25. The third kappa shape index (κ3) is 3.91. The van der Waals surface area contributed by atoms with E-state index in [1.807, 2.05) is 11.8 Å². The number of piperidine rings is 1. The van der Waals surface area contributed by atoms with Crippen LogP contribution in [0.4, 0.5) is 4.39 Å². The van der Waals surface area contributed by atoms with Crippen LogP contribution in [0.5, 0.6) is 0 Å². The number of likely N-dealkylation sites (tertiary alicyclic amines) is 1. The summed E-state index contributed by atoms with van der Waals surface area (Å²) in [7, 11) is 0. The largest absolute Gasteiger partial charge is 0.342 e. The lowest BCUT2D eigenvalue weighted by Gasteiger charge is -2.32. The molecule has 1 unspecified atom stereocenters. The zero-order chi connectivity index (χ0) is 13.1. The molecule has 2 N–H and O–H groups in total. The van der Waals surface area contributed by atoms with Gasteiger partial charge in [-0.2, -0.15) is 0 Å². The molecule has 1 aromatic carbocycles. The van der Waals surface area contributed by atoms with E-state index >= 15 is 0 Å². The highest BCUT2D eigenvalue weighted by molar-refractivity contribution is 5.85. The second kappa shape index (κ2) is 6.87. The first-order valence-corrected chi connectivity index (χ1v) is 6.38. The molecule has 106 valence electrons. The normalized spacial score (nSPS) is 17.7. The molecule has 1 amide bonds. The Morgan fingerprint density at radius 2 is 2.05 bits per heavy atom. The van der Waals surface area contributed by atoms with Crippen LogP contribution in [-0.2, 0) is 4.79 Å². The van der Waals surface area contributed by atoms with Gasteiger partial charge in [0, 0.05) is 19.1 Å². The number of rotatable bonds is 2. The molecule has 1 atom stereocenters.